The van der Waals surface area contributed by atoms with Crippen LogP contribution in [0.25, 0.3) is 0 Å². The Kier molecular flexibility index (Phi) is 6.61. The fourth-order valence-electron chi connectivity index (χ4n) is 2.51. The van der Waals surface area contributed by atoms with E-state index in [1.807, 2.05) is 0 Å². The van der Waals surface area contributed by atoms with Crippen molar-refractivity contribution in [3.05, 3.63) is 29.3 Å². The van der Waals surface area contributed by atoms with Gasteiger partial charge in [-0.3, -0.25) is 0 Å². The summed E-state index contributed by atoms with van der Waals surface area (Å²) in [4.78, 5) is 23.9. The highest BCUT2D eigenvalue weighted by Crippen LogP contribution is 2.22. The predicted octanol–water partition coefficient (Wildman–Crippen LogP) is 1.51. The van der Waals surface area contributed by atoms with Crippen LogP contribution >= 0.6 is 0 Å². The molecule has 0 amide bonds. The van der Waals surface area contributed by atoms with Gasteiger partial charge in [-0.15, -0.1) is 0 Å². The molecule has 2 rings (SSSR count). The molecule has 1 aromatic carbocycles. The van der Waals surface area contributed by atoms with Crippen LogP contribution in [0.2, 0.25) is 0 Å². The maximum absolute atomic E-state index is 12.8. The van der Waals surface area contributed by atoms with E-state index in [0.717, 1.165) is 0 Å². The average Bonchev–Trinajstić information content (AvgIpc) is 2.59. The summed E-state index contributed by atoms with van der Waals surface area (Å²) >= 11 is 0. The minimum absolute atomic E-state index is 0.0381. The number of esters is 2. The highest BCUT2D eigenvalue weighted by Gasteiger charge is 2.28. The zero-order valence-electron chi connectivity index (χ0n) is 16.0. The molecule has 0 radical (unpaired) electrons. The molecule has 1 aliphatic rings. The lowest BCUT2D eigenvalue weighted by Gasteiger charge is -2.26. The van der Waals surface area contributed by atoms with Gasteiger partial charge in [0.2, 0.25) is 10.0 Å². The van der Waals surface area contributed by atoms with Crippen molar-refractivity contribution in [2.75, 3.05) is 32.9 Å². The van der Waals surface area contributed by atoms with Gasteiger partial charge < -0.3 is 14.2 Å². The summed E-state index contributed by atoms with van der Waals surface area (Å²) < 4.78 is 42.2. The molecule has 1 saturated heterocycles. The van der Waals surface area contributed by atoms with E-state index >= 15 is 0 Å². The molecule has 0 aromatic heterocycles. The van der Waals surface area contributed by atoms with Crippen molar-refractivity contribution in [3.63, 3.8) is 0 Å². The van der Waals surface area contributed by atoms with E-state index in [4.69, 9.17) is 14.2 Å². The minimum Gasteiger partial charge on any atom is -0.457 e. The lowest BCUT2D eigenvalue weighted by molar-refractivity contribution is -0.158. The molecule has 1 fully saturated rings. The Hall–Kier alpha value is -1.97. The molecule has 1 aliphatic heterocycles. The Labute approximate surface area is 159 Å². The number of nitrogens with zero attached hydrogens (tertiary/aromatic N) is 1. The normalized spacial score (nSPS) is 16.0. The van der Waals surface area contributed by atoms with Crippen LogP contribution in [0.15, 0.2) is 23.1 Å². The molecule has 9 heteroatoms. The van der Waals surface area contributed by atoms with Crippen molar-refractivity contribution >= 4 is 22.0 Å². The van der Waals surface area contributed by atoms with Gasteiger partial charge in [-0.2, -0.15) is 4.31 Å². The molecule has 0 bridgehead atoms. The Bertz CT molecular complexity index is 805. The average molecular weight is 399 g/mol. The van der Waals surface area contributed by atoms with Crippen molar-refractivity contribution in [2.45, 2.75) is 38.2 Å². The van der Waals surface area contributed by atoms with Crippen molar-refractivity contribution in [3.8, 4) is 0 Å². The Balaban J connectivity index is 2.14. The standard InChI is InChI=1S/C18H25NO7S/c1-13-5-6-14(17(21)25-12-16(20)26-18(2,3)4)11-15(13)27(22,23)19-7-9-24-10-8-19/h5-6,11H,7-10,12H2,1-4H3. The first-order valence-corrected chi connectivity index (χ1v) is 10.0. The number of aryl methyl sites for hydroxylation is 1. The Morgan fingerprint density at radius 3 is 2.41 bits per heavy atom. The van der Waals surface area contributed by atoms with Gasteiger partial charge in [-0.1, -0.05) is 6.07 Å². The van der Waals surface area contributed by atoms with Crippen molar-refractivity contribution in [2.24, 2.45) is 0 Å². The van der Waals surface area contributed by atoms with Crippen LogP contribution in [0, 0.1) is 6.92 Å². The fourth-order valence-corrected chi connectivity index (χ4v) is 4.17. The summed E-state index contributed by atoms with van der Waals surface area (Å²) in [7, 11) is -3.75. The van der Waals surface area contributed by atoms with Gasteiger partial charge >= 0.3 is 11.9 Å². The number of sulfonamides is 1. The van der Waals surface area contributed by atoms with Crippen LogP contribution in [0.3, 0.4) is 0 Å². The van der Waals surface area contributed by atoms with Gasteiger partial charge in [0, 0.05) is 13.1 Å². The number of carbonyl (C=O) groups excluding carboxylic acids is 2. The summed E-state index contributed by atoms with van der Waals surface area (Å²) in [5.41, 5.74) is -0.117. The monoisotopic (exact) mass is 399 g/mol. The smallest absolute Gasteiger partial charge is 0.344 e. The van der Waals surface area contributed by atoms with Gasteiger partial charge in [0.25, 0.3) is 0 Å². The highest BCUT2D eigenvalue weighted by atomic mass is 32.2. The van der Waals surface area contributed by atoms with Gasteiger partial charge in [-0.05, 0) is 45.4 Å². The van der Waals surface area contributed by atoms with Crippen LogP contribution < -0.4 is 0 Å². The van der Waals surface area contributed by atoms with E-state index in [-0.39, 0.29) is 23.5 Å². The number of ether oxygens (including phenoxy) is 3. The molecule has 0 N–H and O–H groups in total. The maximum Gasteiger partial charge on any atom is 0.344 e. The van der Waals surface area contributed by atoms with E-state index in [0.29, 0.717) is 18.8 Å². The van der Waals surface area contributed by atoms with E-state index in [2.05, 4.69) is 0 Å². The maximum atomic E-state index is 12.8. The number of hydrogen-bond donors (Lipinski definition) is 0. The second-order valence-electron chi connectivity index (χ2n) is 7.16. The number of rotatable bonds is 5. The van der Waals surface area contributed by atoms with Crippen LogP contribution in [0.5, 0.6) is 0 Å². The molecule has 1 heterocycles. The summed E-state index contributed by atoms with van der Waals surface area (Å²) in [5.74, 6) is -1.47. The van der Waals surface area contributed by atoms with Crippen LogP contribution in [0.1, 0.15) is 36.7 Å². The van der Waals surface area contributed by atoms with Crippen LogP contribution in [-0.2, 0) is 29.0 Å². The third kappa shape index (κ3) is 5.75. The topological polar surface area (TPSA) is 99.2 Å². The zero-order chi connectivity index (χ0) is 20.2. The number of benzene rings is 1. The van der Waals surface area contributed by atoms with Gasteiger partial charge in [0.05, 0.1) is 23.7 Å². The molecule has 150 valence electrons. The molecule has 0 atom stereocenters. The molecule has 1 aromatic rings. The molecular formula is C18H25NO7S. The summed E-state index contributed by atoms with van der Waals surface area (Å²) in [6.45, 7) is 7.40. The van der Waals surface area contributed by atoms with Gasteiger partial charge in [-0.25, -0.2) is 18.0 Å². The molecule has 0 unspecified atom stereocenters. The van der Waals surface area contributed by atoms with Crippen molar-refractivity contribution in [1.82, 2.24) is 4.31 Å². The fraction of sp³-hybridized carbons (Fsp3) is 0.556. The third-order valence-corrected chi connectivity index (χ3v) is 5.79. The quantitative estimate of drug-likeness (QED) is 0.692. The van der Waals surface area contributed by atoms with Crippen LogP contribution in [-0.4, -0.2) is 63.2 Å². The second kappa shape index (κ2) is 8.37. The first-order chi connectivity index (χ1) is 12.5. The lowest BCUT2D eigenvalue weighted by Crippen LogP contribution is -2.40. The van der Waals surface area contributed by atoms with Gasteiger partial charge in [0.1, 0.15) is 5.60 Å². The third-order valence-electron chi connectivity index (χ3n) is 3.75. The van der Waals surface area contributed by atoms with E-state index in [1.54, 1.807) is 27.7 Å². The Morgan fingerprint density at radius 1 is 1.19 bits per heavy atom. The van der Waals surface area contributed by atoms with Crippen LogP contribution in [0.4, 0.5) is 0 Å². The van der Waals surface area contributed by atoms with Gasteiger partial charge in [0.15, 0.2) is 6.61 Å². The molecule has 0 aliphatic carbocycles. The van der Waals surface area contributed by atoms with Crippen molar-refractivity contribution < 1.29 is 32.2 Å². The van der Waals surface area contributed by atoms with E-state index in [9.17, 15) is 18.0 Å². The molecule has 27 heavy (non-hydrogen) atoms. The predicted molar refractivity (Wildman–Crippen MR) is 96.9 cm³/mol. The SMILES string of the molecule is Cc1ccc(C(=O)OCC(=O)OC(C)(C)C)cc1S(=O)(=O)N1CCOCC1. The first-order valence-electron chi connectivity index (χ1n) is 8.58. The van der Waals surface area contributed by atoms with E-state index in [1.165, 1.54) is 22.5 Å². The highest BCUT2D eigenvalue weighted by molar-refractivity contribution is 7.89. The minimum atomic E-state index is -3.75. The summed E-state index contributed by atoms with van der Waals surface area (Å²) in [6, 6.07) is 4.28. The Morgan fingerprint density at radius 2 is 1.81 bits per heavy atom. The first kappa shape index (κ1) is 21.3. The summed E-state index contributed by atoms with van der Waals surface area (Å²) in [6.07, 6.45) is 0. The zero-order valence-corrected chi connectivity index (χ0v) is 16.8. The lowest BCUT2D eigenvalue weighted by atomic mass is 10.1. The second-order valence-corrected chi connectivity index (χ2v) is 9.07. The molecule has 0 saturated carbocycles. The molecule has 0 spiro atoms. The summed E-state index contributed by atoms with van der Waals surface area (Å²) in [5, 5.41) is 0. The molecule has 8 nitrogen and oxygen atoms in total. The number of carbonyl (C=O) groups is 2. The van der Waals surface area contributed by atoms with Crippen molar-refractivity contribution in [1.29, 1.82) is 0 Å². The van der Waals surface area contributed by atoms with E-state index < -0.39 is 34.2 Å². The number of hydrogen-bond acceptors (Lipinski definition) is 7. The largest absolute Gasteiger partial charge is 0.457 e. The molecular weight excluding hydrogens is 374 g/mol. The number of morpholine rings is 1.